The monoisotopic (exact) mass is 305 g/mol. The third-order valence-electron chi connectivity index (χ3n) is 4.31. The largest absolute Gasteiger partial charge is 0.372 e. The fourth-order valence-electron chi connectivity index (χ4n) is 2.96. The minimum absolute atomic E-state index is 0.646. The van der Waals surface area contributed by atoms with Gasteiger partial charge in [0.1, 0.15) is 16.5 Å². The molecule has 2 aromatic heterocycles. The predicted octanol–water partition coefficient (Wildman–Crippen LogP) is 2.26. The minimum Gasteiger partial charge on any atom is -0.372 e. The van der Waals surface area contributed by atoms with Gasteiger partial charge in [-0.25, -0.2) is 9.97 Å². The Kier molecular flexibility index (Phi) is 4.37. The molecule has 21 heavy (non-hydrogen) atoms. The summed E-state index contributed by atoms with van der Waals surface area (Å²) < 4.78 is 0. The lowest BCUT2D eigenvalue weighted by molar-refractivity contribution is 0.0867. The molecule has 1 saturated heterocycles. The maximum absolute atomic E-state index is 4.72. The minimum atomic E-state index is 0.646. The summed E-state index contributed by atoms with van der Waals surface area (Å²) in [6.07, 6.45) is 1.19. The van der Waals surface area contributed by atoms with Crippen LogP contribution in [0.4, 0.5) is 5.82 Å². The van der Waals surface area contributed by atoms with Crippen LogP contribution in [0.25, 0.3) is 10.2 Å². The number of thiophene rings is 1. The van der Waals surface area contributed by atoms with Gasteiger partial charge in [-0.15, -0.1) is 11.3 Å². The van der Waals surface area contributed by atoms with Gasteiger partial charge >= 0.3 is 0 Å². The first-order chi connectivity index (χ1) is 10.2. The highest BCUT2D eigenvalue weighted by molar-refractivity contribution is 7.16. The van der Waals surface area contributed by atoms with Crippen molar-refractivity contribution < 1.29 is 0 Å². The number of hydrogen-bond acceptors (Lipinski definition) is 6. The maximum atomic E-state index is 4.72. The van der Waals surface area contributed by atoms with Crippen LogP contribution in [0.3, 0.4) is 0 Å². The average Bonchev–Trinajstić information content (AvgIpc) is 2.96. The van der Waals surface area contributed by atoms with Gasteiger partial charge in [-0.2, -0.15) is 0 Å². The molecule has 0 spiro atoms. The molecule has 0 radical (unpaired) electrons. The summed E-state index contributed by atoms with van der Waals surface area (Å²) in [6.45, 7) is 6.42. The maximum Gasteiger partial charge on any atom is 0.146 e. The van der Waals surface area contributed by atoms with Crippen LogP contribution in [-0.4, -0.2) is 59.5 Å². The first-order valence-corrected chi connectivity index (χ1v) is 8.43. The first-order valence-electron chi connectivity index (χ1n) is 7.55. The number of anilines is 1. The molecule has 1 aliphatic rings. The second-order valence-electron chi connectivity index (χ2n) is 5.66. The Labute approximate surface area is 130 Å². The smallest absolute Gasteiger partial charge is 0.146 e. The molecular formula is C15H23N5S. The highest BCUT2D eigenvalue weighted by Crippen LogP contribution is 2.25. The first kappa shape index (κ1) is 14.7. The van der Waals surface area contributed by atoms with Crippen molar-refractivity contribution in [3.63, 3.8) is 0 Å². The number of nitrogens with zero attached hydrogens (tertiary/aromatic N) is 4. The Morgan fingerprint density at radius 2 is 2.24 bits per heavy atom. The molecule has 0 saturated carbocycles. The number of piperazine rings is 1. The van der Waals surface area contributed by atoms with Crippen molar-refractivity contribution in [2.45, 2.75) is 25.9 Å². The second-order valence-corrected chi connectivity index (χ2v) is 6.55. The van der Waals surface area contributed by atoms with Crippen molar-refractivity contribution in [2.75, 3.05) is 39.0 Å². The quantitative estimate of drug-likeness (QED) is 0.938. The number of nitrogens with one attached hydrogen (secondary N) is 1. The van der Waals surface area contributed by atoms with Gasteiger partial charge < -0.3 is 10.2 Å². The van der Waals surface area contributed by atoms with Crippen molar-refractivity contribution in [2.24, 2.45) is 0 Å². The summed E-state index contributed by atoms with van der Waals surface area (Å²) in [5.74, 6) is 1.87. The number of fused-ring (bicyclic) bond motifs is 1. The Balaban J connectivity index is 1.78. The molecule has 1 unspecified atom stereocenters. The Hall–Kier alpha value is -1.24. The normalized spacial score (nSPS) is 21.0. The zero-order valence-electron chi connectivity index (χ0n) is 13.0. The molecule has 1 N–H and O–H groups in total. The van der Waals surface area contributed by atoms with Gasteiger partial charge in [0.15, 0.2) is 0 Å². The Morgan fingerprint density at radius 1 is 1.38 bits per heavy atom. The predicted molar refractivity (Wildman–Crippen MR) is 88.9 cm³/mol. The van der Waals surface area contributed by atoms with Crippen LogP contribution in [0.2, 0.25) is 0 Å². The van der Waals surface area contributed by atoms with Crippen LogP contribution in [0.1, 0.15) is 19.2 Å². The lowest BCUT2D eigenvalue weighted by Crippen LogP contribution is -2.50. The number of hydrogen-bond donors (Lipinski definition) is 1. The molecule has 1 fully saturated rings. The topological polar surface area (TPSA) is 44.3 Å². The molecule has 1 aliphatic heterocycles. The van der Waals surface area contributed by atoms with E-state index in [2.05, 4.69) is 45.5 Å². The van der Waals surface area contributed by atoms with E-state index >= 15 is 0 Å². The van der Waals surface area contributed by atoms with Crippen LogP contribution >= 0.6 is 11.3 Å². The SMILES string of the molecule is CCC1CN(Cc2nc(NC)c3ccsc3n2)CCN1C. The molecule has 0 aromatic carbocycles. The summed E-state index contributed by atoms with van der Waals surface area (Å²) in [6, 6.07) is 2.73. The standard InChI is InChI=1S/C15H23N5S/c1-4-11-9-20(7-6-19(11)3)10-13-17-14(16-2)12-5-8-21-15(12)18-13/h5,8,11H,4,6-7,9-10H2,1-3H3,(H,16,17,18). The van der Waals surface area contributed by atoms with Gasteiger partial charge in [-0.05, 0) is 24.9 Å². The van der Waals surface area contributed by atoms with E-state index in [0.717, 1.165) is 48.0 Å². The van der Waals surface area contributed by atoms with E-state index in [4.69, 9.17) is 4.98 Å². The Morgan fingerprint density at radius 3 is 3.00 bits per heavy atom. The molecule has 6 heteroatoms. The van der Waals surface area contributed by atoms with Gasteiger partial charge in [-0.3, -0.25) is 4.90 Å². The van der Waals surface area contributed by atoms with Crippen molar-refractivity contribution in [3.8, 4) is 0 Å². The van der Waals surface area contributed by atoms with Gasteiger partial charge in [-0.1, -0.05) is 6.92 Å². The molecular weight excluding hydrogens is 282 g/mol. The summed E-state index contributed by atoms with van der Waals surface area (Å²) >= 11 is 1.68. The molecule has 3 heterocycles. The van der Waals surface area contributed by atoms with Crippen LogP contribution in [0.15, 0.2) is 11.4 Å². The lowest BCUT2D eigenvalue weighted by atomic mass is 10.1. The van der Waals surface area contributed by atoms with Crippen molar-refractivity contribution in [3.05, 3.63) is 17.3 Å². The molecule has 0 bridgehead atoms. The van der Waals surface area contributed by atoms with Crippen LogP contribution in [0, 0.1) is 0 Å². The molecule has 114 valence electrons. The van der Waals surface area contributed by atoms with Crippen LogP contribution in [-0.2, 0) is 6.54 Å². The Bertz CT molecular complexity index is 611. The number of aromatic nitrogens is 2. The fourth-order valence-corrected chi connectivity index (χ4v) is 3.74. The van der Waals surface area contributed by atoms with Crippen molar-refractivity contribution in [1.82, 2.24) is 19.8 Å². The second kappa shape index (κ2) is 6.25. The molecule has 3 rings (SSSR count). The summed E-state index contributed by atoms with van der Waals surface area (Å²) in [5.41, 5.74) is 0. The highest BCUT2D eigenvalue weighted by atomic mass is 32.1. The van der Waals surface area contributed by atoms with Crippen molar-refractivity contribution in [1.29, 1.82) is 0 Å². The van der Waals surface area contributed by atoms with Gasteiger partial charge in [0.05, 0.1) is 11.9 Å². The van der Waals surface area contributed by atoms with Gasteiger partial charge in [0.25, 0.3) is 0 Å². The van der Waals surface area contributed by atoms with Crippen LogP contribution < -0.4 is 5.32 Å². The lowest BCUT2D eigenvalue weighted by Gasteiger charge is -2.38. The molecule has 0 amide bonds. The van der Waals surface area contributed by atoms with E-state index in [0.29, 0.717) is 6.04 Å². The number of likely N-dealkylation sites (N-methyl/N-ethyl adjacent to an activating group) is 1. The fraction of sp³-hybridized carbons (Fsp3) is 0.600. The van der Waals surface area contributed by atoms with E-state index in [-0.39, 0.29) is 0 Å². The van der Waals surface area contributed by atoms with Gasteiger partial charge in [0, 0.05) is 32.7 Å². The average molecular weight is 305 g/mol. The summed E-state index contributed by atoms with van der Waals surface area (Å²) in [7, 11) is 4.14. The summed E-state index contributed by atoms with van der Waals surface area (Å²) in [5, 5.41) is 6.39. The van der Waals surface area contributed by atoms with Crippen molar-refractivity contribution >= 4 is 27.4 Å². The van der Waals surface area contributed by atoms with E-state index in [1.807, 2.05) is 7.05 Å². The van der Waals surface area contributed by atoms with Gasteiger partial charge in [0.2, 0.25) is 0 Å². The zero-order chi connectivity index (χ0) is 14.8. The molecule has 2 aromatic rings. The third-order valence-corrected chi connectivity index (χ3v) is 5.11. The zero-order valence-corrected chi connectivity index (χ0v) is 13.8. The van der Waals surface area contributed by atoms with E-state index < -0.39 is 0 Å². The van der Waals surface area contributed by atoms with E-state index in [1.165, 1.54) is 6.42 Å². The number of rotatable bonds is 4. The molecule has 5 nitrogen and oxygen atoms in total. The third kappa shape index (κ3) is 3.02. The van der Waals surface area contributed by atoms with E-state index in [1.54, 1.807) is 11.3 Å². The molecule has 0 aliphatic carbocycles. The molecule has 1 atom stereocenters. The van der Waals surface area contributed by atoms with E-state index in [9.17, 15) is 0 Å². The summed E-state index contributed by atoms with van der Waals surface area (Å²) in [4.78, 5) is 15.4. The highest BCUT2D eigenvalue weighted by Gasteiger charge is 2.23. The van der Waals surface area contributed by atoms with Crippen LogP contribution in [0.5, 0.6) is 0 Å².